The van der Waals surface area contributed by atoms with Crippen molar-refractivity contribution in [1.29, 1.82) is 0 Å². The van der Waals surface area contributed by atoms with Gasteiger partial charge in [0.25, 0.3) is 5.91 Å². The van der Waals surface area contributed by atoms with Crippen LogP contribution < -0.4 is 10.6 Å². The maximum atomic E-state index is 12.2. The predicted octanol–water partition coefficient (Wildman–Crippen LogP) is 3.21. The third-order valence-electron chi connectivity index (χ3n) is 2.90. The number of nitrogens with one attached hydrogen (secondary N) is 2. The van der Waals surface area contributed by atoms with Crippen molar-refractivity contribution >= 4 is 11.6 Å². The van der Waals surface area contributed by atoms with E-state index in [1.165, 1.54) is 0 Å². The summed E-state index contributed by atoms with van der Waals surface area (Å²) in [6, 6.07) is 3.68. The number of aromatic nitrogens is 1. The lowest BCUT2D eigenvalue weighted by atomic mass is 9.99. The Hall–Kier alpha value is -1.58. The first-order chi connectivity index (χ1) is 8.98. The van der Waals surface area contributed by atoms with Crippen molar-refractivity contribution in [1.82, 2.24) is 10.3 Å². The number of carbonyl (C=O) groups is 1. The van der Waals surface area contributed by atoms with Crippen molar-refractivity contribution in [3.05, 3.63) is 24.0 Å². The number of anilines is 1. The summed E-state index contributed by atoms with van der Waals surface area (Å²) >= 11 is 0. The average molecular weight is 263 g/mol. The molecule has 19 heavy (non-hydrogen) atoms. The standard InChI is InChI=1S/C15H25N3O/c1-5-8-15(3,4)18-14(19)13-11-12(7-10-17-13)16-9-6-2/h7,10-11H,5-6,8-9H2,1-4H3,(H,16,17)(H,18,19). The monoisotopic (exact) mass is 263 g/mol. The highest BCUT2D eigenvalue weighted by atomic mass is 16.2. The Kier molecular flexibility index (Phi) is 5.80. The topological polar surface area (TPSA) is 54.0 Å². The molecule has 0 fully saturated rings. The van der Waals surface area contributed by atoms with Crippen LogP contribution in [0.4, 0.5) is 5.69 Å². The van der Waals surface area contributed by atoms with E-state index in [-0.39, 0.29) is 11.4 Å². The fourth-order valence-corrected chi connectivity index (χ4v) is 1.99. The van der Waals surface area contributed by atoms with Gasteiger partial charge in [-0.3, -0.25) is 9.78 Å². The van der Waals surface area contributed by atoms with Crippen molar-refractivity contribution in [2.24, 2.45) is 0 Å². The highest BCUT2D eigenvalue weighted by Crippen LogP contribution is 2.13. The van der Waals surface area contributed by atoms with Crippen molar-refractivity contribution in [3.63, 3.8) is 0 Å². The van der Waals surface area contributed by atoms with E-state index in [0.29, 0.717) is 5.69 Å². The van der Waals surface area contributed by atoms with Crippen molar-refractivity contribution in [3.8, 4) is 0 Å². The maximum absolute atomic E-state index is 12.2. The number of hydrogen-bond acceptors (Lipinski definition) is 3. The molecule has 0 aliphatic rings. The normalized spacial score (nSPS) is 11.2. The van der Waals surface area contributed by atoms with E-state index in [1.54, 1.807) is 12.3 Å². The van der Waals surface area contributed by atoms with Crippen LogP contribution in [0.3, 0.4) is 0 Å². The molecule has 106 valence electrons. The first-order valence-corrected chi connectivity index (χ1v) is 7.01. The second-order valence-corrected chi connectivity index (χ2v) is 5.44. The number of rotatable bonds is 7. The summed E-state index contributed by atoms with van der Waals surface area (Å²) in [5.74, 6) is -0.112. The van der Waals surface area contributed by atoms with Crippen LogP contribution in [-0.2, 0) is 0 Å². The molecule has 0 aliphatic heterocycles. The fraction of sp³-hybridized carbons (Fsp3) is 0.600. The number of hydrogen-bond donors (Lipinski definition) is 2. The Morgan fingerprint density at radius 2 is 2.05 bits per heavy atom. The minimum Gasteiger partial charge on any atom is -0.385 e. The molecule has 1 aromatic rings. The van der Waals surface area contributed by atoms with Crippen LogP contribution in [0.5, 0.6) is 0 Å². The zero-order valence-corrected chi connectivity index (χ0v) is 12.4. The molecule has 0 bridgehead atoms. The van der Waals surface area contributed by atoms with Crippen LogP contribution >= 0.6 is 0 Å². The van der Waals surface area contributed by atoms with Gasteiger partial charge in [0, 0.05) is 24.0 Å². The van der Waals surface area contributed by atoms with Crippen LogP contribution in [0.2, 0.25) is 0 Å². The lowest BCUT2D eigenvalue weighted by Crippen LogP contribution is -2.43. The van der Waals surface area contributed by atoms with Crippen molar-refractivity contribution < 1.29 is 4.79 Å². The lowest BCUT2D eigenvalue weighted by Gasteiger charge is -2.25. The predicted molar refractivity (Wildman–Crippen MR) is 79.5 cm³/mol. The van der Waals surface area contributed by atoms with E-state index in [9.17, 15) is 4.79 Å². The molecule has 1 amide bonds. The highest BCUT2D eigenvalue weighted by Gasteiger charge is 2.20. The van der Waals surface area contributed by atoms with Gasteiger partial charge in [-0.1, -0.05) is 20.3 Å². The summed E-state index contributed by atoms with van der Waals surface area (Å²) in [6.45, 7) is 9.18. The van der Waals surface area contributed by atoms with Gasteiger partial charge in [0.05, 0.1) is 0 Å². The zero-order valence-electron chi connectivity index (χ0n) is 12.4. The SMILES string of the molecule is CCCNc1ccnc(C(=O)NC(C)(C)CCC)c1. The van der Waals surface area contributed by atoms with E-state index < -0.39 is 0 Å². The van der Waals surface area contributed by atoms with Crippen LogP contribution in [0.15, 0.2) is 18.3 Å². The summed E-state index contributed by atoms with van der Waals surface area (Å²) in [6.07, 6.45) is 4.71. The second kappa shape index (κ2) is 7.12. The van der Waals surface area contributed by atoms with Gasteiger partial charge in [-0.25, -0.2) is 0 Å². The molecule has 2 N–H and O–H groups in total. The van der Waals surface area contributed by atoms with Crippen LogP contribution in [0, 0.1) is 0 Å². The molecule has 0 saturated heterocycles. The van der Waals surface area contributed by atoms with Gasteiger partial charge in [-0.05, 0) is 38.8 Å². The van der Waals surface area contributed by atoms with Gasteiger partial charge in [-0.15, -0.1) is 0 Å². The van der Waals surface area contributed by atoms with Gasteiger partial charge >= 0.3 is 0 Å². The number of carbonyl (C=O) groups excluding carboxylic acids is 1. The zero-order chi connectivity index (χ0) is 14.3. The van der Waals surface area contributed by atoms with Gasteiger partial charge < -0.3 is 10.6 Å². The average Bonchev–Trinajstić information content (AvgIpc) is 2.36. The van der Waals surface area contributed by atoms with Crippen LogP contribution in [-0.4, -0.2) is 23.0 Å². The second-order valence-electron chi connectivity index (χ2n) is 5.44. The van der Waals surface area contributed by atoms with Crippen LogP contribution in [0.25, 0.3) is 0 Å². The molecular weight excluding hydrogens is 238 g/mol. The molecule has 0 saturated carbocycles. The third-order valence-corrected chi connectivity index (χ3v) is 2.90. The van der Waals surface area contributed by atoms with E-state index in [0.717, 1.165) is 31.5 Å². The van der Waals surface area contributed by atoms with Gasteiger partial charge in [0.2, 0.25) is 0 Å². The summed E-state index contributed by atoms with van der Waals surface area (Å²) in [5, 5.41) is 6.29. The largest absolute Gasteiger partial charge is 0.385 e. The molecule has 1 rings (SSSR count). The van der Waals surface area contributed by atoms with E-state index >= 15 is 0 Å². The molecule has 0 unspecified atom stereocenters. The lowest BCUT2D eigenvalue weighted by molar-refractivity contribution is 0.0904. The van der Waals surface area contributed by atoms with Gasteiger partial charge in [0.1, 0.15) is 5.69 Å². The molecule has 1 aromatic heterocycles. The summed E-state index contributed by atoms with van der Waals surface area (Å²) in [4.78, 5) is 16.3. The molecule has 0 radical (unpaired) electrons. The number of amides is 1. The molecule has 0 atom stereocenters. The molecule has 0 aromatic carbocycles. The van der Waals surface area contributed by atoms with E-state index in [2.05, 4.69) is 29.5 Å². The minimum atomic E-state index is -0.194. The molecule has 4 heteroatoms. The first-order valence-electron chi connectivity index (χ1n) is 7.01. The number of nitrogens with zero attached hydrogens (tertiary/aromatic N) is 1. The smallest absolute Gasteiger partial charge is 0.270 e. The van der Waals surface area contributed by atoms with Crippen LogP contribution in [0.1, 0.15) is 57.4 Å². The Bertz CT molecular complexity index is 416. The summed E-state index contributed by atoms with van der Waals surface area (Å²) in [7, 11) is 0. The Balaban J connectivity index is 2.71. The third kappa shape index (κ3) is 5.28. The molecular formula is C15H25N3O. The quantitative estimate of drug-likeness (QED) is 0.794. The summed E-state index contributed by atoms with van der Waals surface area (Å²) < 4.78 is 0. The first kappa shape index (κ1) is 15.5. The Morgan fingerprint density at radius 1 is 1.32 bits per heavy atom. The Morgan fingerprint density at radius 3 is 2.68 bits per heavy atom. The molecule has 4 nitrogen and oxygen atoms in total. The van der Waals surface area contributed by atoms with E-state index in [1.807, 2.05) is 19.9 Å². The highest BCUT2D eigenvalue weighted by molar-refractivity contribution is 5.93. The molecule has 1 heterocycles. The van der Waals surface area contributed by atoms with Gasteiger partial charge in [0.15, 0.2) is 0 Å². The van der Waals surface area contributed by atoms with Crippen molar-refractivity contribution in [2.45, 2.75) is 52.5 Å². The molecule has 0 spiro atoms. The van der Waals surface area contributed by atoms with E-state index in [4.69, 9.17) is 0 Å². The molecule has 0 aliphatic carbocycles. The van der Waals surface area contributed by atoms with Gasteiger partial charge in [-0.2, -0.15) is 0 Å². The minimum absolute atomic E-state index is 0.112. The summed E-state index contributed by atoms with van der Waals surface area (Å²) in [5.41, 5.74) is 1.21. The van der Waals surface area contributed by atoms with Crippen molar-refractivity contribution in [2.75, 3.05) is 11.9 Å². The Labute approximate surface area is 116 Å². The number of pyridine rings is 1. The maximum Gasteiger partial charge on any atom is 0.270 e. The fourth-order valence-electron chi connectivity index (χ4n) is 1.99.